The van der Waals surface area contributed by atoms with Gasteiger partial charge in [-0.2, -0.15) is 0 Å². The predicted molar refractivity (Wildman–Crippen MR) is 59.7 cm³/mol. The van der Waals surface area contributed by atoms with Crippen LogP contribution in [0.3, 0.4) is 0 Å². The fraction of sp³-hybridized carbons (Fsp3) is 0.333. The Morgan fingerprint density at radius 3 is 3.14 bits per heavy atom. The van der Waals surface area contributed by atoms with Gasteiger partial charge in [0, 0.05) is 20.1 Å². The van der Waals surface area contributed by atoms with Gasteiger partial charge in [-0.1, -0.05) is 0 Å². The molecule has 5 heteroatoms. The van der Waals surface area contributed by atoms with Gasteiger partial charge in [-0.15, -0.1) is 11.3 Å². The normalized spacial score (nSPS) is 10.7. The zero-order chi connectivity index (χ0) is 9.97. The van der Waals surface area contributed by atoms with Crippen molar-refractivity contribution in [1.82, 2.24) is 9.97 Å². The lowest BCUT2D eigenvalue weighted by Gasteiger charge is -2.17. The van der Waals surface area contributed by atoms with Crippen molar-refractivity contribution in [2.45, 2.75) is 0 Å². The molecule has 2 rings (SSSR count). The molecule has 0 unspecified atom stereocenters. The second kappa shape index (κ2) is 3.89. The summed E-state index contributed by atoms with van der Waals surface area (Å²) in [7, 11) is 1.99. The molecule has 0 bridgehead atoms. The fourth-order valence-corrected chi connectivity index (χ4v) is 2.11. The summed E-state index contributed by atoms with van der Waals surface area (Å²) < 4.78 is 0. The van der Waals surface area contributed by atoms with Crippen LogP contribution in [0.4, 0.5) is 5.82 Å². The first-order valence-electron chi connectivity index (χ1n) is 4.42. The van der Waals surface area contributed by atoms with Gasteiger partial charge >= 0.3 is 0 Å². The van der Waals surface area contributed by atoms with E-state index in [0.29, 0.717) is 6.54 Å². The summed E-state index contributed by atoms with van der Waals surface area (Å²) >= 11 is 1.63. The third kappa shape index (κ3) is 1.56. The Morgan fingerprint density at radius 1 is 1.50 bits per heavy atom. The number of nitrogens with two attached hydrogens (primary N) is 1. The average molecular weight is 208 g/mol. The summed E-state index contributed by atoms with van der Waals surface area (Å²) in [5.41, 5.74) is 5.50. The number of likely N-dealkylation sites (N-methyl/N-ethyl adjacent to an activating group) is 1. The van der Waals surface area contributed by atoms with E-state index in [4.69, 9.17) is 5.73 Å². The minimum Gasteiger partial charge on any atom is -0.358 e. The quantitative estimate of drug-likeness (QED) is 0.820. The molecule has 2 aromatic rings. The van der Waals surface area contributed by atoms with Crippen LogP contribution >= 0.6 is 11.3 Å². The number of rotatable bonds is 3. The Morgan fingerprint density at radius 2 is 2.36 bits per heavy atom. The van der Waals surface area contributed by atoms with Crippen LogP contribution in [0, 0.1) is 0 Å². The van der Waals surface area contributed by atoms with Crippen molar-refractivity contribution in [3.05, 3.63) is 17.8 Å². The Labute approximate surface area is 86.4 Å². The lowest BCUT2D eigenvalue weighted by atomic mass is 10.3. The minimum absolute atomic E-state index is 0.631. The first-order chi connectivity index (χ1) is 6.83. The Hall–Kier alpha value is -1.20. The molecule has 0 aliphatic carbocycles. The Balaban J connectivity index is 2.45. The largest absolute Gasteiger partial charge is 0.358 e. The van der Waals surface area contributed by atoms with E-state index in [1.165, 1.54) is 0 Å². The Bertz CT molecular complexity index is 425. The molecule has 0 saturated carbocycles. The highest BCUT2D eigenvalue weighted by molar-refractivity contribution is 7.16. The zero-order valence-corrected chi connectivity index (χ0v) is 8.79. The van der Waals surface area contributed by atoms with Crippen molar-refractivity contribution < 1.29 is 0 Å². The van der Waals surface area contributed by atoms with Crippen molar-refractivity contribution >= 4 is 27.4 Å². The first kappa shape index (κ1) is 9.36. The molecule has 0 aliphatic rings. The molecule has 0 radical (unpaired) electrons. The van der Waals surface area contributed by atoms with Gasteiger partial charge in [0.25, 0.3) is 0 Å². The van der Waals surface area contributed by atoms with Crippen molar-refractivity contribution in [2.24, 2.45) is 5.73 Å². The summed E-state index contributed by atoms with van der Waals surface area (Å²) in [6, 6.07) is 2.04. The molecule has 74 valence electrons. The number of fused-ring (bicyclic) bond motifs is 1. The van der Waals surface area contributed by atoms with E-state index in [1.54, 1.807) is 17.7 Å². The average Bonchev–Trinajstić information content (AvgIpc) is 2.65. The third-order valence-electron chi connectivity index (χ3n) is 2.07. The SMILES string of the molecule is CN(CCN)c1ncnc2sccc12. The topological polar surface area (TPSA) is 55.0 Å². The molecule has 2 N–H and O–H groups in total. The second-order valence-corrected chi connectivity index (χ2v) is 3.94. The lowest BCUT2D eigenvalue weighted by molar-refractivity contribution is 0.871. The van der Waals surface area contributed by atoms with Crippen LogP contribution in [0.2, 0.25) is 0 Å². The van der Waals surface area contributed by atoms with E-state index in [-0.39, 0.29) is 0 Å². The van der Waals surface area contributed by atoms with Crippen molar-refractivity contribution in [3.8, 4) is 0 Å². The van der Waals surface area contributed by atoms with Gasteiger partial charge in [-0.05, 0) is 11.4 Å². The number of nitrogens with zero attached hydrogens (tertiary/aromatic N) is 3. The van der Waals surface area contributed by atoms with Crippen LogP contribution in [0.5, 0.6) is 0 Å². The summed E-state index contributed by atoms with van der Waals surface area (Å²) in [6.07, 6.45) is 1.60. The maximum Gasteiger partial charge on any atom is 0.140 e. The zero-order valence-electron chi connectivity index (χ0n) is 7.97. The van der Waals surface area contributed by atoms with E-state index in [0.717, 1.165) is 22.6 Å². The molecule has 4 nitrogen and oxygen atoms in total. The molecule has 0 fully saturated rings. The van der Waals surface area contributed by atoms with Crippen LogP contribution < -0.4 is 10.6 Å². The molecule has 2 aromatic heterocycles. The van der Waals surface area contributed by atoms with Gasteiger partial charge < -0.3 is 10.6 Å². The van der Waals surface area contributed by atoms with Crippen LogP contribution in [0.15, 0.2) is 17.8 Å². The summed E-state index contributed by atoms with van der Waals surface area (Å²) in [5.74, 6) is 0.960. The monoisotopic (exact) mass is 208 g/mol. The standard InChI is InChI=1S/C9H12N4S/c1-13(4-3-10)8-7-2-5-14-9(7)12-6-11-8/h2,5-6H,3-4,10H2,1H3. The van der Waals surface area contributed by atoms with E-state index in [9.17, 15) is 0 Å². The van der Waals surface area contributed by atoms with Gasteiger partial charge in [0.05, 0.1) is 5.39 Å². The molecule has 0 spiro atoms. The molecular formula is C9H12N4S. The highest BCUT2D eigenvalue weighted by Crippen LogP contribution is 2.25. The number of aromatic nitrogens is 2. The van der Waals surface area contributed by atoms with Crippen molar-refractivity contribution in [2.75, 3.05) is 25.0 Å². The smallest absolute Gasteiger partial charge is 0.140 e. The van der Waals surface area contributed by atoms with E-state index in [1.807, 2.05) is 18.5 Å². The molecule has 0 atom stereocenters. The number of thiophene rings is 1. The molecule has 0 saturated heterocycles. The van der Waals surface area contributed by atoms with Crippen LogP contribution in [0.25, 0.3) is 10.2 Å². The van der Waals surface area contributed by atoms with Crippen molar-refractivity contribution in [1.29, 1.82) is 0 Å². The molecule has 14 heavy (non-hydrogen) atoms. The second-order valence-electron chi connectivity index (χ2n) is 3.05. The lowest BCUT2D eigenvalue weighted by Crippen LogP contribution is -2.25. The fourth-order valence-electron chi connectivity index (χ4n) is 1.38. The minimum atomic E-state index is 0.631. The molecule has 0 aliphatic heterocycles. The van der Waals surface area contributed by atoms with Gasteiger partial charge in [0.1, 0.15) is 17.0 Å². The van der Waals surface area contributed by atoms with Crippen molar-refractivity contribution in [3.63, 3.8) is 0 Å². The van der Waals surface area contributed by atoms with E-state index < -0.39 is 0 Å². The molecule has 0 aromatic carbocycles. The number of hydrogen-bond acceptors (Lipinski definition) is 5. The number of anilines is 1. The van der Waals surface area contributed by atoms with Gasteiger partial charge in [0.2, 0.25) is 0 Å². The highest BCUT2D eigenvalue weighted by Gasteiger charge is 2.07. The number of hydrogen-bond donors (Lipinski definition) is 1. The van der Waals surface area contributed by atoms with Crippen LogP contribution in [0.1, 0.15) is 0 Å². The van der Waals surface area contributed by atoms with Crippen LogP contribution in [-0.4, -0.2) is 30.1 Å². The van der Waals surface area contributed by atoms with E-state index in [2.05, 4.69) is 14.9 Å². The molecule has 0 amide bonds. The maximum absolute atomic E-state index is 5.50. The highest BCUT2D eigenvalue weighted by atomic mass is 32.1. The summed E-state index contributed by atoms with van der Waals surface area (Å²) in [4.78, 5) is 11.5. The van der Waals surface area contributed by atoms with Gasteiger partial charge in [-0.3, -0.25) is 0 Å². The maximum atomic E-state index is 5.50. The molecular weight excluding hydrogens is 196 g/mol. The van der Waals surface area contributed by atoms with E-state index >= 15 is 0 Å². The molecule has 2 heterocycles. The van der Waals surface area contributed by atoms with Crippen LogP contribution in [-0.2, 0) is 0 Å². The van der Waals surface area contributed by atoms with Gasteiger partial charge in [0.15, 0.2) is 0 Å². The Kier molecular flexibility index (Phi) is 2.60. The first-order valence-corrected chi connectivity index (χ1v) is 5.30. The third-order valence-corrected chi connectivity index (χ3v) is 2.89. The summed E-state index contributed by atoms with van der Waals surface area (Å²) in [6.45, 7) is 1.44. The van der Waals surface area contributed by atoms with Gasteiger partial charge in [-0.25, -0.2) is 9.97 Å². The summed E-state index contributed by atoms with van der Waals surface area (Å²) in [5, 5.41) is 3.13. The predicted octanol–water partition coefficient (Wildman–Crippen LogP) is 1.09.